The van der Waals surface area contributed by atoms with Gasteiger partial charge in [-0.2, -0.15) is 0 Å². The first-order valence-corrected chi connectivity index (χ1v) is 8.30. The van der Waals surface area contributed by atoms with E-state index in [2.05, 4.69) is 16.2 Å². The van der Waals surface area contributed by atoms with Gasteiger partial charge in [0, 0.05) is 42.4 Å². The van der Waals surface area contributed by atoms with Gasteiger partial charge in [-0.15, -0.1) is 0 Å². The lowest BCUT2D eigenvalue weighted by Gasteiger charge is -2.19. The Morgan fingerprint density at radius 2 is 1.86 bits per heavy atom. The highest BCUT2D eigenvalue weighted by Crippen LogP contribution is 2.24. The molecule has 1 heterocycles. The molecule has 9 nitrogen and oxygen atoms in total. The average molecular weight is 329 g/mol. The Morgan fingerprint density at radius 3 is 2.36 bits per heavy atom. The quantitative estimate of drug-likeness (QED) is 0.445. The molecule has 2 atom stereocenters. The number of primary sulfonamides is 1. The van der Waals surface area contributed by atoms with Crippen molar-refractivity contribution in [2.45, 2.75) is 30.8 Å². The summed E-state index contributed by atoms with van der Waals surface area (Å²) in [5.41, 5.74) is 6.24. The monoisotopic (exact) mass is 329 g/mol. The molecule has 5 N–H and O–H groups in total. The second kappa shape index (κ2) is 6.16. The molecule has 1 aromatic rings. The molecule has 122 valence electrons. The summed E-state index contributed by atoms with van der Waals surface area (Å²) in [4.78, 5) is 9.99. The van der Waals surface area contributed by atoms with Crippen LogP contribution in [0.5, 0.6) is 0 Å². The van der Waals surface area contributed by atoms with E-state index in [9.17, 15) is 18.5 Å². The second-order valence-corrected chi connectivity index (χ2v) is 6.99. The predicted octanol–water partition coefficient (Wildman–Crippen LogP) is 0.155. The number of hydrogen-bond acceptors (Lipinski definition) is 7. The summed E-state index contributed by atoms with van der Waals surface area (Å²) in [7, 11) is -4.01. The van der Waals surface area contributed by atoms with Crippen LogP contribution in [0.1, 0.15) is 13.8 Å². The highest BCUT2D eigenvalue weighted by Gasteiger charge is 2.29. The van der Waals surface area contributed by atoms with E-state index >= 15 is 0 Å². The second-order valence-electron chi connectivity index (χ2n) is 5.43. The highest BCUT2D eigenvalue weighted by atomic mass is 32.2. The number of nitro groups is 1. The Bertz CT molecular complexity index is 668. The number of hydrazine groups is 1. The number of nitrogens with two attached hydrogens (primary N) is 1. The number of nitrogens with zero attached hydrogens (tertiary/aromatic N) is 1. The minimum absolute atomic E-state index is 0.221. The highest BCUT2D eigenvalue weighted by molar-refractivity contribution is 7.89. The largest absolute Gasteiger partial charge is 0.384 e. The van der Waals surface area contributed by atoms with Crippen molar-refractivity contribution in [2.75, 3.05) is 11.9 Å². The maximum atomic E-state index is 11.4. The minimum atomic E-state index is -4.01. The van der Waals surface area contributed by atoms with E-state index in [0.29, 0.717) is 12.2 Å². The third kappa shape index (κ3) is 3.71. The Balaban J connectivity index is 2.23. The fourth-order valence-corrected chi connectivity index (χ4v) is 3.03. The molecule has 0 aromatic heterocycles. The maximum absolute atomic E-state index is 11.4. The predicted molar refractivity (Wildman–Crippen MR) is 81.6 cm³/mol. The molecular weight excluding hydrogens is 310 g/mol. The third-order valence-corrected chi connectivity index (χ3v) is 4.69. The van der Waals surface area contributed by atoms with Crippen LogP contribution in [0.15, 0.2) is 23.1 Å². The first kappa shape index (κ1) is 16.6. The summed E-state index contributed by atoms with van der Waals surface area (Å²) in [6.07, 6.45) is 0. The Hall–Kier alpha value is -1.75. The number of anilines is 1. The molecule has 0 amide bonds. The zero-order chi connectivity index (χ0) is 16.5. The van der Waals surface area contributed by atoms with Gasteiger partial charge in [-0.1, -0.05) is 0 Å². The van der Waals surface area contributed by atoms with Gasteiger partial charge in [0.15, 0.2) is 0 Å². The lowest BCUT2D eigenvalue weighted by atomic mass is 9.96. The summed E-state index contributed by atoms with van der Waals surface area (Å²) < 4.78 is 22.9. The van der Waals surface area contributed by atoms with Crippen LogP contribution in [0.4, 0.5) is 11.4 Å². The van der Waals surface area contributed by atoms with Crippen LogP contribution in [-0.4, -0.2) is 32.0 Å². The summed E-state index contributed by atoms with van der Waals surface area (Å²) >= 11 is 0. The van der Waals surface area contributed by atoms with Gasteiger partial charge in [0.25, 0.3) is 5.69 Å². The molecule has 0 aliphatic carbocycles. The van der Waals surface area contributed by atoms with E-state index < -0.39 is 14.9 Å². The number of nitrogens with one attached hydrogen (secondary N) is 3. The van der Waals surface area contributed by atoms with Crippen molar-refractivity contribution in [3.8, 4) is 0 Å². The van der Waals surface area contributed by atoms with Crippen LogP contribution < -0.4 is 21.3 Å². The number of benzene rings is 1. The summed E-state index contributed by atoms with van der Waals surface area (Å²) in [5.74, 6) is 0.247. The lowest BCUT2D eigenvalue weighted by Crippen LogP contribution is -2.30. The molecule has 10 heteroatoms. The van der Waals surface area contributed by atoms with Crippen molar-refractivity contribution in [2.24, 2.45) is 11.1 Å². The smallest absolute Gasteiger partial charge is 0.272 e. The SMILES string of the molecule is CC1NNC(C)C1CNc1cc([N+](=O)[O-])cc(S(N)(=O)=O)c1. The zero-order valence-electron chi connectivity index (χ0n) is 12.2. The zero-order valence-corrected chi connectivity index (χ0v) is 13.1. The van der Waals surface area contributed by atoms with Gasteiger partial charge >= 0.3 is 0 Å². The third-order valence-electron chi connectivity index (χ3n) is 3.80. The lowest BCUT2D eigenvalue weighted by molar-refractivity contribution is -0.385. The van der Waals surface area contributed by atoms with Crippen molar-refractivity contribution in [1.82, 2.24) is 10.9 Å². The van der Waals surface area contributed by atoms with Crippen molar-refractivity contribution in [3.63, 3.8) is 0 Å². The van der Waals surface area contributed by atoms with E-state index in [1.165, 1.54) is 12.1 Å². The Labute approximate surface area is 128 Å². The molecule has 0 bridgehead atoms. The van der Waals surface area contributed by atoms with Gasteiger partial charge in [-0.05, 0) is 19.9 Å². The van der Waals surface area contributed by atoms with Gasteiger partial charge in [-0.3, -0.25) is 21.0 Å². The normalized spacial score (nSPS) is 25.1. The summed E-state index contributed by atoms with van der Waals surface area (Å²) in [6.45, 7) is 4.58. The van der Waals surface area contributed by atoms with Gasteiger partial charge in [0.1, 0.15) is 0 Å². The topological polar surface area (TPSA) is 139 Å². The van der Waals surface area contributed by atoms with Gasteiger partial charge in [0.2, 0.25) is 10.0 Å². The number of hydrogen-bond donors (Lipinski definition) is 4. The Kier molecular flexibility index (Phi) is 4.66. The van der Waals surface area contributed by atoms with Crippen molar-refractivity contribution >= 4 is 21.4 Å². The molecule has 1 aliphatic rings. The van der Waals surface area contributed by atoms with Crippen molar-refractivity contribution < 1.29 is 13.3 Å². The fraction of sp³-hybridized carbons (Fsp3) is 0.500. The average Bonchev–Trinajstić information content (AvgIpc) is 2.74. The molecule has 1 aliphatic heterocycles. The molecule has 0 spiro atoms. The molecule has 2 unspecified atom stereocenters. The summed E-state index contributed by atoms with van der Waals surface area (Å²) in [6, 6.07) is 3.98. The van der Waals surface area contributed by atoms with Gasteiger partial charge in [-0.25, -0.2) is 13.6 Å². The van der Waals surface area contributed by atoms with E-state index in [1.54, 1.807) is 0 Å². The standard InChI is InChI=1S/C12H19N5O4S/c1-7-12(8(2)16-15-7)6-14-9-3-10(17(18)19)5-11(4-9)22(13,20)21/h3-5,7-8,12,14-16H,6H2,1-2H3,(H2,13,20,21). The molecule has 22 heavy (non-hydrogen) atoms. The molecule has 2 rings (SSSR count). The van der Waals surface area contributed by atoms with Crippen molar-refractivity contribution in [1.29, 1.82) is 0 Å². The van der Waals surface area contributed by atoms with Crippen molar-refractivity contribution in [3.05, 3.63) is 28.3 Å². The minimum Gasteiger partial charge on any atom is -0.384 e. The molecule has 1 saturated heterocycles. The fourth-order valence-electron chi connectivity index (χ4n) is 2.45. The van der Waals surface area contributed by atoms with Gasteiger partial charge < -0.3 is 5.32 Å². The first-order chi connectivity index (χ1) is 10.2. The molecule has 0 saturated carbocycles. The van der Waals surface area contributed by atoms with E-state index in [0.717, 1.165) is 6.07 Å². The van der Waals surface area contributed by atoms with Gasteiger partial charge in [0.05, 0.1) is 9.82 Å². The molecule has 0 radical (unpaired) electrons. The van der Waals surface area contributed by atoms with Crippen LogP contribution in [0.2, 0.25) is 0 Å². The molecule has 1 fully saturated rings. The van der Waals surface area contributed by atoms with E-state index in [1.807, 2.05) is 13.8 Å². The summed E-state index contributed by atoms with van der Waals surface area (Å²) in [5, 5.41) is 19.0. The van der Waals surface area contributed by atoms with E-state index in [4.69, 9.17) is 5.14 Å². The maximum Gasteiger partial charge on any atom is 0.272 e. The van der Waals surface area contributed by atoms with Crippen LogP contribution in [0.3, 0.4) is 0 Å². The van der Waals surface area contributed by atoms with Crippen LogP contribution >= 0.6 is 0 Å². The molecular formula is C12H19N5O4S. The first-order valence-electron chi connectivity index (χ1n) is 6.75. The van der Waals surface area contributed by atoms with Crippen LogP contribution in [0.25, 0.3) is 0 Å². The molecule has 1 aromatic carbocycles. The number of rotatable bonds is 5. The Morgan fingerprint density at radius 1 is 1.27 bits per heavy atom. The number of non-ortho nitro benzene ring substituents is 1. The number of nitro benzene ring substituents is 1. The van der Waals surface area contributed by atoms with Crippen LogP contribution in [-0.2, 0) is 10.0 Å². The van der Waals surface area contributed by atoms with Crippen LogP contribution in [0, 0.1) is 16.0 Å². The van der Waals surface area contributed by atoms with E-state index in [-0.39, 0.29) is 28.6 Å². The number of sulfonamides is 1.